The van der Waals surface area contributed by atoms with Gasteiger partial charge in [-0.05, 0) is 36.2 Å². The predicted molar refractivity (Wildman–Crippen MR) is 85.6 cm³/mol. The molecule has 0 aliphatic carbocycles. The van der Waals surface area contributed by atoms with E-state index in [4.69, 9.17) is 5.73 Å². The van der Waals surface area contributed by atoms with Crippen LogP contribution in [0, 0.1) is 0 Å². The molecule has 0 fully saturated rings. The van der Waals surface area contributed by atoms with Crippen molar-refractivity contribution in [2.45, 2.75) is 24.8 Å². The molecular formula is C16H20N2O2S. The van der Waals surface area contributed by atoms with Crippen LogP contribution in [0.25, 0.3) is 0 Å². The number of rotatable bonds is 6. The third kappa shape index (κ3) is 3.43. The van der Waals surface area contributed by atoms with Crippen molar-refractivity contribution in [3.8, 4) is 0 Å². The van der Waals surface area contributed by atoms with Crippen LogP contribution >= 0.6 is 0 Å². The molecule has 0 saturated carbocycles. The van der Waals surface area contributed by atoms with E-state index in [0.717, 1.165) is 12.0 Å². The Morgan fingerprint density at radius 1 is 1.00 bits per heavy atom. The summed E-state index contributed by atoms with van der Waals surface area (Å²) < 4.78 is 27.0. The number of nitrogens with zero attached hydrogens (tertiary/aromatic N) is 1. The minimum Gasteiger partial charge on any atom is -0.326 e. The van der Waals surface area contributed by atoms with Gasteiger partial charge in [0.05, 0.1) is 10.6 Å². The molecule has 0 heterocycles. The molecule has 0 aliphatic heterocycles. The van der Waals surface area contributed by atoms with Crippen LogP contribution in [0.1, 0.15) is 18.9 Å². The van der Waals surface area contributed by atoms with Crippen LogP contribution in [0.4, 0.5) is 5.69 Å². The normalized spacial score (nSPS) is 11.3. The zero-order chi connectivity index (χ0) is 15.3. The fraction of sp³-hybridized carbons (Fsp3) is 0.250. The molecule has 21 heavy (non-hydrogen) atoms. The van der Waals surface area contributed by atoms with Gasteiger partial charge in [-0.15, -0.1) is 0 Å². The molecule has 2 aromatic rings. The van der Waals surface area contributed by atoms with Crippen molar-refractivity contribution in [3.05, 3.63) is 60.2 Å². The van der Waals surface area contributed by atoms with E-state index in [-0.39, 0.29) is 0 Å². The highest BCUT2D eigenvalue weighted by Crippen LogP contribution is 2.24. The Labute approximate surface area is 126 Å². The lowest BCUT2D eigenvalue weighted by Crippen LogP contribution is -2.31. The van der Waals surface area contributed by atoms with Crippen LogP contribution in [-0.2, 0) is 16.6 Å². The molecule has 0 aliphatic rings. The monoisotopic (exact) mass is 304 g/mol. The molecule has 5 heteroatoms. The standard InChI is InChI=1S/C16H20N2O2S/c1-2-12-18(15-10-8-14(13-17)9-11-15)21(19,20)16-6-4-3-5-7-16/h3-11H,2,12-13,17H2,1H3. The molecule has 0 atom stereocenters. The van der Waals surface area contributed by atoms with E-state index in [1.165, 1.54) is 4.31 Å². The number of hydrogen-bond acceptors (Lipinski definition) is 3. The van der Waals surface area contributed by atoms with Crippen molar-refractivity contribution in [2.24, 2.45) is 5.73 Å². The van der Waals surface area contributed by atoms with Gasteiger partial charge in [-0.1, -0.05) is 37.3 Å². The Kier molecular flexibility index (Phi) is 4.98. The van der Waals surface area contributed by atoms with Gasteiger partial charge in [-0.25, -0.2) is 8.42 Å². The van der Waals surface area contributed by atoms with Gasteiger partial charge in [0.1, 0.15) is 0 Å². The van der Waals surface area contributed by atoms with E-state index in [1.807, 2.05) is 19.1 Å². The highest BCUT2D eigenvalue weighted by Gasteiger charge is 2.23. The quantitative estimate of drug-likeness (QED) is 0.892. The third-order valence-corrected chi connectivity index (χ3v) is 5.06. The Bertz CT molecular complexity index is 667. The number of anilines is 1. The van der Waals surface area contributed by atoms with Crippen molar-refractivity contribution in [3.63, 3.8) is 0 Å². The maximum Gasteiger partial charge on any atom is 0.264 e. The summed E-state index contributed by atoms with van der Waals surface area (Å²) in [6.45, 7) is 2.85. The first-order chi connectivity index (χ1) is 10.1. The fourth-order valence-electron chi connectivity index (χ4n) is 2.11. The van der Waals surface area contributed by atoms with E-state index in [0.29, 0.717) is 23.7 Å². The average Bonchev–Trinajstić information content (AvgIpc) is 2.53. The van der Waals surface area contributed by atoms with Gasteiger partial charge in [0, 0.05) is 13.1 Å². The molecule has 0 amide bonds. The summed E-state index contributed by atoms with van der Waals surface area (Å²) in [6.07, 6.45) is 0.741. The van der Waals surface area contributed by atoms with Gasteiger partial charge < -0.3 is 5.73 Å². The topological polar surface area (TPSA) is 63.4 Å². The zero-order valence-electron chi connectivity index (χ0n) is 12.1. The van der Waals surface area contributed by atoms with Gasteiger partial charge in [-0.2, -0.15) is 0 Å². The first-order valence-electron chi connectivity index (χ1n) is 6.96. The zero-order valence-corrected chi connectivity index (χ0v) is 12.9. The molecule has 0 bridgehead atoms. The van der Waals surface area contributed by atoms with E-state index in [1.54, 1.807) is 42.5 Å². The van der Waals surface area contributed by atoms with Crippen LogP contribution in [-0.4, -0.2) is 15.0 Å². The van der Waals surface area contributed by atoms with E-state index >= 15 is 0 Å². The van der Waals surface area contributed by atoms with Gasteiger partial charge in [0.2, 0.25) is 0 Å². The Morgan fingerprint density at radius 3 is 2.14 bits per heavy atom. The molecule has 0 unspecified atom stereocenters. The first-order valence-corrected chi connectivity index (χ1v) is 8.40. The molecule has 2 rings (SSSR count). The SMILES string of the molecule is CCCN(c1ccc(CN)cc1)S(=O)(=O)c1ccccc1. The van der Waals surface area contributed by atoms with Crippen molar-refractivity contribution < 1.29 is 8.42 Å². The molecule has 0 spiro atoms. The first kappa shape index (κ1) is 15.5. The smallest absolute Gasteiger partial charge is 0.264 e. The van der Waals surface area contributed by atoms with Crippen LogP contribution in [0.2, 0.25) is 0 Å². The highest BCUT2D eigenvalue weighted by molar-refractivity contribution is 7.92. The van der Waals surface area contributed by atoms with E-state index in [9.17, 15) is 8.42 Å². The minimum absolute atomic E-state index is 0.307. The maximum atomic E-state index is 12.8. The van der Waals surface area contributed by atoms with E-state index < -0.39 is 10.0 Å². The van der Waals surface area contributed by atoms with Gasteiger partial charge >= 0.3 is 0 Å². The molecule has 0 radical (unpaired) electrons. The molecule has 2 N–H and O–H groups in total. The minimum atomic E-state index is -3.53. The van der Waals surface area contributed by atoms with Gasteiger partial charge in [-0.3, -0.25) is 4.31 Å². The van der Waals surface area contributed by atoms with Crippen molar-refractivity contribution >= 4 is 15.7 Å². The summed E-state index contributed by atoms with van der Waals surface area (Å²) >= 11 is 0. The Balaban J connectivity index is 2.42. The molecule has 0 aromatic heterocycles. The summed E-state index contributed by atoms with van der Waals surface area (Å²) in [5.74, 6) is 0. The average molecular weight is 304 g/mol. The molecular weight excluding hydrogens is 284 g/mol. The largest absolute Gasteiger partial charge is 0.326 e. The third-order valence-electron chi connectivity index (χ3n) is 3.22. The Hall–Kier alpha value is -1.85. The van der Waals surface area contributed by atoms with Gasteiger partial charge in [0.25, 0.3) is 10.0 Å². The molecule has 4 nitrogen and oxygen atoms in total. The second-order valence-electron chi connectivity index (χ2n) is 4.76. The summed E-state index contributed by atoms with van der Waals surface area (Å²) in [4.78, 5) is 0.307. The van der Waals surface area contributed by atoms with Crippen molar-refractivity contribution in [1.29, 1.82) is 0 Å². The second-order valence-corrected chi connectivity index (χ2v) is 6.62. The van der Waals surface area contributed by atoms with Crippen LogP contribution in [0.15, 0.2) is 59.5 Å². The Morgan fingerprint density at radius 2 is 1.62 bits per heavy atom. The lowest BCUT2D eigenvalue weighted by atomic mass is 10.2. The predicted octanol–water partition coefficient (Wildman–Crippen LogP) is 2.75. The molecule has 0 saturated heterocycles. The molecule has 112 valence electrons. The van der Waals surface area contributed by atoms with Crippen molar-refractivity contribution in [1.82, 2.24) is 0 Å². The summed E-state index contributed by atoms with van der Waals surface area (Å²) in [5.41, 5.74) is 7.22. The van der Waals surface area contributed by atoms with Crippen molar-refractivity contribution in [2.75, 3.05) is 10.8 Å². The summed E-state index contributed by atoms with van der Waals surface area (Å²) in [5, 5.41) is 0. The number of benzene rings is 2. The number of sulfonamides is 1. The lowest BCUT2D eigenvalue weighted by Gasteiger charge is -2.24. The number of hydrogen-bond donors (Lipinski definition) is 1. The van der Waals surface area contributed by atoms with Crippen LogP contribution in [0.5, 0.6) is 0 Å². The van der Waals surface area contributed by atoms with Gasteiger partial charge in [0.15, 0.2) is 0 Å². The summed E-state index contributed by atoms with van der Waals surface area (Å²) in [6, 6.07) is 15.8. The van der Waals surface area contributed by atoms with Crippen LogP contribution in [0.3, 0.4) is 0 Å². The van der Waals surface area contributed by atoms with E-state index in [2.05, 4.69) is 0 Å². The second kappa shape index (κ2) is 6.74. The lowest BCUT2D eigenvalue weighted by molar-refractivity contribution is 0.590. The summed E-state index contributed by atoms with van der Waals surface area (Å²) in [7, 11) is -3.53. The maximum absolute atomic E-state index is 12.8. The fourth-order valence-corrected chi connectivity index (χ4v) is 3.69. The number of nitrogens with two attached hydrogens (primary N) is 1. The molecule has 2 aromatic carbocycles. The highest BCUT2D eigenvalue weighted by atomic mass is 32.2. The van der Waals surface area contributed by atoms with Crippen LogP contribution < -0.4 is 10.0 Å².